The Morgan fingerprint density at radius 1 is 1.10 bits per heavy atom. The van der Waals surface area contributed by atoms with Crippen molar-refractivity contribution in [3.63, 3.8) is 0 Å². The molecule has 0 amide bonds. The molecule has 0 unspecified atom stereocenters. The lowest BCUT2D eigenvalue weighted by molar-refractivity contribution is 0.203. The zero-order valence-electron chi connectivity index (χ0n) is 13.7. The molecule has 0 bridgehead atoms. The van der Waals surface area contributed by atoms with Gasteiger partial charge in [-0.05, 0) is 56.0 Å². The third kappa shape index (κ3) is 4.92. The second-order valence-electron chi connectivity index (χ2n) is 6.17. The topological polar surface area (TPSA) is 21.7 Å². The maximum Gasteiger partial charge on any atom is 0.161 e. The lowest BCUT2D eigenvalue weighted by atomic mass is 10.0. The lowest BCUT2D eigenvalue weighted by Gasteiger charge is -2.26. The van der Waals surface area contributed by atoms with Gasteiger partial charge in [-0.3, -0.25) is 0 Å². The van der Waals surface area contributed by atoms with Crippen LogP contribution in [0.5, 0.6) is 11.5 Å². The van der Waals surface area contributed by atoms with Crippen LogP contribution in [-0.2, 0) is 0 Å². The van der Waals surface area contributed by atoms with Gasteiger partial charge < -0.3 is 14.4 Å². The molecule has 0 spiro atoms. The smallest absolute Gasteiger partial charge is 0.161 e. The molecule has 1 heterocycles. The first-order valence-electron chi connectivity index (χ1n) is 8.24. The van der Waals surface area contributed by atoms with Gasteiger partial charge in [-0.2, -0.15) is 0 Å². The minimum Gasteiger partial charge on any atom is -0.493 e. The van der Waals surface area contributed by atoms with Crippen LogP contribution in [0.3, 0.4) is 0 Å². The third-order valence-electron chi connectivity index (χ3n) is 4.18. The molecule has 1 aromatic carbocycles. The fourth-order valence-electron chi connectivity index (χ4n) is 2.82. The van der Waals surface area contributed by atoms with E-state index in [0.29, 0.717) is 5.92 Å². The van der Waals surface area contributed by atoms with Crippen molar-refractivity contribution in [1.82, 2.24) is 4.90 Å². The van der Waals surface area contributed by atoms with Crippen LogP contribution >= 0.6 is 0 Å². The molecule has 3 heteroatoms. The van der Waals surface area contributed by atoms with Crippen molar-refractivity contribution in [1.29, 1.82) is 0 Å². The molecular weight excluding hydrogens is 262 g/mol. The van der Waals surface area contributed by atoms with Gasteiger partial charge in [0, 0.05) is 6.54 Å². The van der Waals surface area contributed by atoms with Gasteiger partial charge in [0.1, 0.15) is 0 Å². The maximum absolute atomic E-state index is 5.96. The summed E-state index contributed by atoms with van der Waals surface area (Å²) >= 11 is 0. The van der Waals surface area contributed by atoms with Gasteiger partial charge in [0.2, 0.25) is 0 Å². The summed E-state index contributed by atoms with van der Waals surface area (Å²) in [6, 6.07) is 6.24. The van der Waals surface area contributed by atoms with Crippen molar-refractivity contribution in [3.05, 3.63) is 23.8 Å². The van der Waals surface area contributed by atoms with E-state index in [1.165, 1.54) is 37.9 Å². The summed E-state index contributed by atoms with van der Waals surface area (Å²) in [6.07, 6.45) is 5.18. The van der Waals surface area contributed by atoms with Crippen LogP contribution in [-0.4, -0.2) is 38.3 Å². The average molecular weight is 291 g/mol. The maximum atomic E-state index is 5.96. The van der Waals surface area contributed by atoms with Crippen LogP contribution in [0.4, 0.5) is 0 Å². The highest BCUT2D eigenvalue weighted by molar-refractivity contribution is 5.43. The number of hydrogen-bond acceptors (Lipinski definition) is 3. The van der Waals surface area contributed by atoms with Crippen molar-refractivity contribution in [3.8, 4) is 11.5 Å². The Labute approximate surface area is 129 Å². The summed E-state index contributed by atoms with van der Waals surface area (Å²) in [7, 11) is 1.70. The molecule has 1 saturated heterocycles. The van der Waals surface area contributed by atoms with Crippen LogP contribution in [0.15, 0.2) is 18.2 Å². The van der Waals surface area contributed by atoms with Crippen LogP contribution in [0.1, 0.15) is 51.0 Å². The lowest BCUT2D eigenvalue weighted by Crippen LogP contribution is -2.31. The molecule has 0 radical (unpaired) electrons. The third-order valence-corrected chi connectivity index (χ3v) is 4.18. The van der Waals surface area contributed by atoms with E-state index in [1.807, 2.05) is 6.07 Å². The van der Waals surface area contributed by atoms with E-state index in [2.05, 4.69) is 30.9 Å². The number of hydrogen-bond donors (Lipinski definition) is 0. The normalized spacial score (nSPS) is 16.2. The van der Waals surface area contributed by atoms with Gasteiger partial charge in [-0.15, -0.1) is 0 Å². The summed E-state index contributed by atoms with van der Waals surface area (Å²) in [6.45, 7) is 8.81. The molecule has 1 aliphatic rings. The Morgan fingerprint density at radius 2 is 1.86 bits per heavy atom. The summed E-state index contributed by atoms with van der Waals surface area (Å²) in [4.78, 5) is 2.55. The molecule has 3 nitrogen and oxygen atoms in total. The van der Waals surface area contributed by atoms with Gasteiger partial charge in [0.05, 0.1) is 13.7 Å². The van der Waals surface area contributed by atoms with Crippen molar-refractivity contribution < 1.29 is 9.47 Å². The number of methoxy groups -OCH3 is 1. The van der Waals surface area contributed by atoms with E-state index in [-0.39, 0.29) is 0 Å². The molecule has 1 aliphatic heterocycles. The monoisotopic (exact) mass is 291 g/mol. The van der Waals surface area contributed by atoms with E-state index in [9.17, 15) is 0 Å². The molecule has 118 valence electrons. The zero-order valence-corrected chi connectivity index (χ0v) is 13.7. The van der Waals surface area contributed by atoms with E-state index >= 15 is 0 Å². The Kier molecular flexibility index (Phi) is 6.37. The molecule has 2 rings (SSSR count). The first-order chi connectivity index (χ1) is 10.2. The zero-order chi connectivity index (χ0) is 15.1. The van der Waals surface area contributed by atoms with E-state index in [0.717, 1.165) is 31.1 Å². The molecule has 0 saturated carbocycles. The van der Waals surface area contributed by atoms with Crippen LogP contribution in [0, 0.1) is 0 Å². The van der Waals surface area contributed by atoms with E-state index in [1.54, 1.807) is 7.11 Å². The Balaban J connectivity index is 1.82. The van der Waals surface area contributed by atoms with Crippen LogP contribution in [0.25, 0.3) is 0 Å². The first-order valence-corrected chi connectivity index (χ1v) is 8.24. The molecule has 0 atom stereocenters. The van der Waals surface area contributed by atoms with Crippen LogP contribution in [0.2, 0.25) is 0 Å². The minimum atomic E-state index is 0.506. The number of piperidine rings is 1. The number of likely N-dealkylation sites (tertiary alicyclic amines) is 1. The number of ether oxygens (including phenoxy) is 2. The summed E-state index contributed by atoms with van der Waals surface area (Å²) in [5, 5.41) is 0. The van der Waals surface area contributed by atoms with Gasteiger partial charge in [-0.25, -0.2) is 0 Å². The van der Waals surface area contributed by atoms with Crippen molar-refractivity contribution in [2.45, 2.75) is 45.4 Å². The van der Waals surface area contributed by atoms with Gasteiger partial charge in [0.15, 0.2) is 11.5 Å². The quantitative estimate of drug-likeness (QED) is 0.707. The molecule has 1 fully saturated rings. The van der Waals surface area contributed by atoms with E-state index < -0.39 is 0 Å². The fraction of sp³-hybridized carbons (Fsp3) is 0.667. The standard InChI is InChI=1S/C18H29NO2/c1-15(2)16-8-9-17(20-3)18(14-16)21-13-7-12-19-10-5-4-6-11-19/h8-9,14-15H,4-7,10-13H2,1-3H3. The number of benzene rings is 1. The Morgan fingerprint density at radius 3 is 2.52 bits per heavy atom. The van der Waals surface area contributed by atoms with Crippen molar-refractivity contribution >= 4 is 0 Å². The summed E-state index contributed by atoms with van der Waals surface area (Å²) in [5.74, 6) is 2.21. The molecule has 0 aromatic heterocycles. The van der Waals surface area contributed by atoms with E-state index in [4.69, 9.17) is 9.47 Å². The van der Waals surface area contributed by atoms with Gasteiger partial charge in [0.25, 0.3) is 0 Å². The molecule has 0 aliphatic carbocycles. The summed E-state index contributed by atoms with van der Waals surface area (Å²) < 4.78 is 11.3. The molecular formula is C18H29NO2. The predicted octanol–water partition coefficient (Wildman–Crippen LogP) is 4.07. The first kappa shape index (κ1) is 16.2. The highest BCUT2D eigenvalue weighted by Crippen LogP contribution is 2.30. The molecule has 1 aromatic rings. The van der Waals surface area contributed by atoms with Crippen molar-refractivity contribution in [2.24, 2.45) is 0 Å². The highest BCUT2D eigenvalue weighted by Gasteiger charge is 2.11. The van der Waals surface area contributed by atoms with Gasteiger partial charge in [-0.1, -0.05) is 26.3 Å². The minimum absolute atomic E-state index is 0.506. The largest absolute Gasteiger partial charge is 0.493 e. The Hall–Kier alpha value is -1.22. The Bertz CT molecular complexity index is 425. The number of rotatable bonds is 7. The second kappa shape index (κ2) is 8.28. The van der Waals surface area contributed by atoms with Gasteiger partial charge >= 0.3 is 0 Å². The highest BCUT2D eigenvalue weighted by atomic mass is 16.5. The second-order valence-corrected chi connectivity index (χ2v) is 6.17. The SMILES string of the molecule is COc1ccc(C(C)C)cc1OCCCN1CCCCC1. The van der Waals surface area contributed by atoms with Crippen LogP contribution < -0.4 is 9.47 Å². The van der Waals surface area contributed by atoms with Crippen molar-refractivity contribution in [2.75, 3.05) is 33.4 Å². The predicted molar refractivity (Wildman–Crippen MR) is 87.5 cm³/mol. The summed E-state index contributed by atoms with van der Waals surface area (Å²) in [5.41, 5.74) is 1.29. The molecule has 21 heavy (non-hydrogen) atoms. The number of nitrogens with zero attached hydrogens (tertiary/aromatic N) is 1. The molecule has 0 N–H and O–H groups in total. The fourth-order valence-corrected chi connectivity index (χ4v) is 2.82. The average Bonchev–Trinajstić information content (AvgIpc) is 2.52.